The maximum atomic E-state index is 11.2. The smallest absolute Gasteiger partial charge is 0.308 e. The summed E-state index contributed by atoms with van der Waals surface area (Å²) in [5.41, 5.74) is 5.58. The van der Waals surface area contributed by atoms with Crippen molar-refractivity contribution in [2.24, 2.45) is 0 Å². The predicted octanol–water partition coefficient (Wildman–Crippen LogP) is 4.65. The highest BCUT2D eigenvalue weighted by molar-refractivity contribution is 5.70. The van der Waals surface area contributed by atoms with Gasteiger partial charge in [0.25, 0.3) is 0 Å². The van der Waals surface area contributed by atoms with E-state index in [1.807, 2.05) is 26.0 Å². The molecule has 0 bridgehead atoms. The van der Waals surface area contributed by atoms with Gasteiger partial charge in [-0.05, 0) is 72.2 Å². The van der Waals surface area contributed by atoms with Gasteiger partial charge in [-0.15, -0.1) is 0 Å². The molecule has 0 saturated carbocycles. The van der Waals surface area contributed by atoms with Crippen molar-refractivity contribution in [3.05, 3.63) is 58.1 Å². The molecule has 1 N–H and O–H groups in total. The highest BCUT2D eigenvalue weighted by Gasteiger charge is 2.13. The van der Waals surface area contributed by atoms with E-state index in [2.05, 4.69) is 19.9 Å². The third kappa shape index (κ3) is 4.13. The molecule has 2 aromatic rings. The molecule has 0 aliphatic heterocycles. The molecule has 3 heteroatoms. The number of hydrogen-bond donors (Lipinski definition) is 1. The Morgan fingerprint density at radius 3 is 2.26 bits per heavy atom. The van der Waals surface area contributed by atoms with E-state index in [9.17, 15) is 9.90 Å². The third-order valence-corrected chi connectivity index (χ3v) is 4.01. The molecular weight excluding hydrogens is 288 g/mol. The lowest BCUT2D eigenvalue weighted by molar-refractivity contribution is -0.131. The van der Waals surface area contributed by atoms with Crippen LogP contribution < -0.4 is 4.74 Å². The van der Waals surface area contributed by atoms with Crippen LogP contribution in [0.15, 0.2) is 30.3 Å². The first-order chi connectivity index (χ1) is 10.8. The van der Waals surface area contributed by atoms with E-state index in [1.54, 1.807) is 12.1 Å². The SMILES string of the molecule is CC(=O)Oc1ccc(Cc2c(C)cc(O)cc2C)cc1C(C)C. The van der Waals surface area contributed by atoms with Crippen molar-refractivity contribution < 1.29 is 14.6 Å². The number of carbonyl (C=O) groups excluding carboxylic acids is 1. The van der Waals surface area contributed by atoms with Gasteiger partial charge in [-0.3, -0.25) is 4.79 Å². The Hall–Kier alpha value is -2.29. The average Bonchev–Trinajstić information content (AvgIpc) is 2.43. The van der Waals surface area contributed by atoms with Crippen LogP contribution in [0.5, 0.6) is 11.5 Å². The van der Waals surface area contributed by atoms with Gasteiger partial charge < -0.3 is 9.84 Å². The monoisotopic (exact) mass is 312 g/mol. The van der Waals surface area contributed by atoms with Gasteiger partial charge in [0, 0.05) is 6.92 Å². The van der Waals surface area contributed by atoms with Crippen molar-refractivity contribution in [2.45, 2.75) is 47.0 Å². The fraction of sp³-hybridized carbons (Fsp3) is 0.350. The molecule has 2 aromatic carbocycles. The van der Waals surface area contributed by atoms with Gasteiger partial charge in [0.1, 0.15) is 11.5 Å². The van der Waals surface area contributed by atoms with Crippen LogP contribution in [-0.2, 0) is 11.2 Å². The lowest BCUT2D eigenvalue weighted by Crippen LogP contribution is -2.06. The Morgan fingerprint density at radius 1 is 1.13 bits per heavy atom. The van der Waals surface area contributed by atoms with E-state index >= 15 is 0 Å². The van der Waals surface area contributed by atoms with Crippen molar-refractivity contribution in [1.82, 2.24) is 0 Å². The van der Waals surface area contributed by atoms with Gasteiger partial charge >= 0.3 is 5.97 Å². The first kappa shape index (κ1) is 17.1. The maximum absolute atomic E-state index is 11.2. The molecule has 0 unspecified atom stereocenters. The first-order valence-electron chi connectivity index (χ1n) is 7.88. The van der Waals surface area contributed by atoms with Crippen LogP contribution in [0, 0.1) is 13.8 Å². The van der Waals surface area contributed by atoms with Crippen molar-refractivity contribution in [2.75, 3.05) is 0 Å². The van der Waals surface area contributed by atoms with E-state index < -0.39 is 0 Å². The molecule has 0 spiro atoms. The Labute approximate surface area is 137 Å². The second-order valence-electron chi connectivity index (χ2n) is 6.36. The maximum Gasteiger partial charge on any atom is 0.308 e. The van der Waals surface area contributed by atoms with E-state index in [1.165, 1.54) is 18.1 Å². The van der Waals surface area contributed by atoms with Crippen LogP contribution >= 0.6 is 0 Å². The molecule has 0 atom stereocenters. The summed E-state index contributed by atoms with van der Waals surface area (Å²) in [6, 6.07) is 9.56. The summed E-state index contributed by atoms with van der Waals surface area (Å²) in [5.74, 6) is 0.906. The lowest BCUT2D eigenvalue weighted by Gasteiger charge is -2.15. The Bertz CT molecular complexity index is 707. The molecule has 122 valence electrons. The zero-order chi connectivity index (χ0) is 17.1. The van der Waals surface area contributed by atoms with Gasteiger partial charge in [-0.25, -0.2) is 0 Å². The van der Waals surface area contributed by atoms with E-state index in [4.69, 9.17) is 4.74 Å². The van der Waals surface area contributed by atoms with Crippen molar-refractivity contribution in [3.8, 4) is 11.5 Å². The van der Waals surface area contributed by atoms with E-state index in [0.29, 0.717) is 11.5 Å². The zero-order valence-corrected chi connectivity index (χ0v) is 14.4. The van der Waals surface area contributed by atoms with Crippen molar-refractivity contribution >= 4 is 5.97 Å². The Balaban J connectivity index is 2.38. The van der Waals surface area contributed by atoms with Gasteiger partial charge in [0.05, 0.1) is 0 Å². The van der Waals surface area contributed by atoms with Crippen LogP contribution in [0.2, 0.25) is 0 Å². The molecule has 2 rings (SSSR count). The topological polar surface area (TPSA) is 46.5 Å². The summed E-state index contributed by atoms with van der Waals surface area (Å²) < 4.78 is 5.30. The number of carbonyl (C=O) groups is 1. The fourth-order valence-electron chi connectivity index (χ4n) is 2.86. The summed E-state index contributed by atoms with van der Waals surface area (Å²) in [7, 11) is 0. The number of ether oxygens (including phenoxy) is 1. The molecule has 0 saturated heterocycles. The van der Waals surface area contributed by atoms with Gasteiger partial charge in [-0.1, -0.05) is 26.0 Å². The number of esters is 1. The molecule has 0 aliphatic carbocycles. The van der Waals surface area contributed by atoms with Crippen LogP contribution in [0.25, 0.3) is 0 Å². The highest BCUT2D eigenvalue weighted by atomic mass is 16.5. The molecule has 0 aliphatic rings. The Kier molecular flexibility index (Phi) is 5.09. The number of rotatable bonds is 4. The summed E-state index contributed by atoms with van der Waals surface area (Å²) in [5, 5.41) is 9.67. The predicted molar refractivity (Wildman–Crippen MR) is 92.2 cm³/mol. The quantitative estimate of drug-likeness (QED) is 0.660. The molecule has 0 radical (unpaired) electrons. The molecular formula is C20H24O3. The molecule has 0 aromatic heterocycles. The number of phenolic OH excluding ortho intramolecular Hbond substituents is 1. The normalized spacial score (nSPS) is 10.9. The third-order valence-electron chi connectivity index (χ3n) is 4.01. The standard InChI is InChI=1S/C20H24O3/c1-12(2)18-10-16(6-7-20(18)23-15(5)21)11-19-13(3)8-17(22)9-14(19)4/h6-10,12,22H,11H2,1-5H3. The van der Waals surface area contributed by atoms with Crippen LogP contribution in [-0.4, -0.2) is 11.1 Å². The minimum Gasteiger partial charge on any atom is -0.508 e. The van der Waals surface area contributed by atoms with Crippen LogP contribution in [0.3, 0.4) is 0 Å². The number of hydrogen-bond acceptors (Lipinski definition) is 3. The van der Waals surface area contributed by atoms with E-state index in [-0.39, 0.29) is 11.9 Å². The second-order valence-corrected chi connectivity index (χ2v) is 6.36. The summed E-state index contributed by atoms with van der Waals surface area (Å²) in [4.78, 5) is 11.2. The van der Waals surface area contributed by atoms with Crippen molar-refractivity contribution in [3.63, 3.8) is 0 Å². The van der Waals surface area contributed by atoms with E-state index in [0.717, 1.165) is 23.1 Å². The number of aromatic hydroxyl groups is 1. The summed E-state index contributed by atoms with van der Waals surface area (Å²) in [6.45, 7) is 9.62. The van der Waals surface area contributed by atoms with Crippen LogP contribution in [0.1, 0.15) is 54.5 Å². The minimum atomic E-state index is -0.301. The molecule has 0 fully saturated rings. The zero-order valence-electron chi connectivity index (χ0n) is 14.4. The fourth-order valence-corrected chi connectivity index (χ4v) is 2.86. The van der Waals surface area contributed by atoms with Gasteiger partial charge in [-0.2, -0.15) is 0 Å². The number of phenols is 1. The molecule has 3 nitrogen and oxygen atoms in total. The molecule has 0 heterocycles. The average molecular weight is 312 g/mol. The van der Waals surface area contributed by atoms with Gasteiger partial charge in [0.15, 0.2) is 0 Å². The number of benzene rings is 2. The molecule has 23 heavy (non-hydrogen) atoms. The minimum absolute atomic E-state index is 0.270. The summed E-state index contributed by atoms with van der Waals surface area (Å²) in [6.07, 6.45) is 0.790. The van der Waals surface area contributed by atoms with Crippen LogP contribution in [0.4, 0.5) is 0 Å². The second kappa shape index (κ2) is 6.86. The number of aryl methyl sites for hydroxylation is 2. The Morgan fingerprint density at radius 2 is 1.74 bits per heavy atom. The molecule has 0 amide bonds. The first-order valence-corrected chi connectivity index (χ1v) is 7.88. The van der Waals surface area contributed by atoms with Gasteiger partial charge in [0.2, 0.25) is 0 Å². The lowest BCUT2D eigenvalue weighted by atomic mass is 9.93. The highest BCUT2D eigenvalue weighted by Crippen LogP contribution is 2.30. The summed E-state index contributed by atoms with van der Waals surface area (Å²) >= 11 is 0. The largest absolute Gasteiger partial charge is 0.508 e. The van der Waals surface area contributed by atoms with Crippen molar-refractivity contribution in [1.29, 1.82) is 0 Å².